The minimum atomic E-state index is -1.19. The third-order valence-electron chi connectivity index (χ3n) is 11.7. The van der Waals surface area contributed by atoms with Crippen LogP contribution in [0.5, 0.6) is 5.88 Å². The van der Waals surface area contributed by atoms with E-state index in [4.69, 9.17) is 28.2 Å². The predicted molar refractivity (Wildman–Crippen MR) is 223 cm³/mol. The lowest BCUT2D eigenvalue weighted by molar-refractivity contribution is -0.123. The number of para-hydroxylation sites is 4. The first-order valence-corrected chi connectivity index (χ1v) is 19.5. The number of hydrogen-bond acceptors (Lipinski definition) is 8. The fraction of sp³-hybridized carbons (Fsp3) is 0.156. The number of Topliss-reactive ketones (excluding diaryl/α,β-unsaturated/α-hetero) is 1. The minimum Gasteiger partial charge on any atom is -0.494 e. The van der Waals surface area contributed by atoms with Gasteiger partial charge in [-0.1, -0.05) is 104 Å². The summed E-state index contributed by atoms with van der Waals surface area (Å²) < 4.78 is 1.59. The van der Waals surface area contributed by atoms with Gasteiger partial charge in [-0.2, -0.15) is 0 Å². The highest BCUT2D eigenvalue weighted by Gasteiger charge is 2.70. The number of aromatic hydroxyl groups is 1. The number of fused-ring (bicyclic) bond motifs is 10. The summed E-state index contributed by atoms with van der Waals surface area (Å²) in [7, 11) is 0. The second-order valence-electron chi connectivity index (χ2n) is 15.1. The van der Waals surface area contributed by atoms with Crippen molar-refractivity contribution in [2.75, 3.05) is 4.90 Å². The van der Waals surface area contributed by atoms with E-state index in [0.29, 0.717) is 44.9 Å². The number of benzene rings is 5. The Morgan fingerprint density at radius 3 is 2.26 bits per heavy atom. The molecule has 286 valence electrons. The molecular formula is C45H32Cl2N6O5. The van der Waals surface area contributed by atoms with Gasteiger partial charge in [-0.05, 0) is 54.4 Å². The molecule has 0 radical (unpaired) electrons. The summed E-state index contributed by atoms with van der Waals surface area (Å²) in [4.78, 5) is 68.2. The molecule has 2 fully saturated rings. The number of carbonyl (C=O) groups excluding carboxylic acids is 3. The van der Waals surface area contributed by atoms with E-state index in [2.05, 4.69) is 15.3 Å². The van der Waals surface area contributed by atoms with Gasteiger partial charge >= 0.3 is 0 Å². The number of rotatable bonds is 3. The Bertz CT molecular complexity index is 3050. The molecule has 2 saturated heterocycles. The first kappa shape index (κ1) is 36.0. The molecule has 2 amide bonds. The van der Waals surface area contributed by atoms with Crippen molar-refractivity contribution in [1.82, 2.24) is 19.9 Å². The molecule has 7 aromatic rings. The molecule has 2 unspecified atom stereocenters. The number of amides is 2. The second kappa shape index (κ2) is 13.1. The molecular weight excluding hydrogens is 775 g/mol. The van der Waals surface area contributed by atoms with Crippen LogP contribution in [-0.4, -0.2) is 49.0 Å². The van der Waals surface area contributed by atoms with Gasteiger partial charge in [0.1, 0.15) is 17.1 Å². The summed E-state index contributed by atoms with van der Waals surface area (Å²) >= 11 is 12.8. The molecule has 13 heteroatoms. The number of H-pyrrole nitrogens is 1. The van der Waals surface area contributed by atoms with Crippen molar-refractivity contribution in [3.63, 3.8) is 0 Å². The van der Waals surface area contributed by atoms with E-state index in [1.807, 2.05) is 80.6 Å². The Kier molecular flexibility index (Phi) is 8.11. The van der Waals surface area contributed by atoms with E-state index < -0.39 is 23.3 Å². The van der Waals surface area contributed by atoms with Crippen LogP contribution >= 0.6 is 23.2 Å². The van der Waals surface area contributed by atoms with Gasteiger partial charge < -0.3 is 10.1 Å². The van der Waals surface area contributed by atoms with Crippen LogP contribution in [0, 0.1) is 17.8 Å². The molecule has 3 N–H and O–H groups in total. The lowest BCUT2D eigenvalue weighted by atomic mass is 9.75. The zero-order valence-corrected chi connectivity index (χ0v) is 32.4. The number of carbonyl (C=O) groups is 3. The number of nitrogens with one attached hydrogen (secondary N) is 2. The van der Waals surface area contributed by atoms with E-state index in [9.17, 15) is 24.3 Å². The van der Waals surface area contributed by atoms with E-state index in [0.717, 1.165) is 16.5 Å². The Labute approximate surface area is 340 Å². The maximum absolute atomic E-state index is 14.4. The van der Waals surface area contributed by atoms with Crippen LogP contribution in [0.15, 0.2) is 125 Å². The molecule has 58 heavy (non-hydrogen) atoms. The van der Waals surface area contributed by atoms with Gasteiger partial charge in [0.2, 0.25) is 17.6 Å². The number of imide groups is 1. The van der Waals surface area contributed by atoms with Gasteiger partial charge in [0.25, 0.3) is 5.56 Å². The number of halogens is 2. The first-order valence-electron chi connectivity index (χ1n) is 18.8. The van der Waals surface area contributed by atoms with Crippen molar-refractivity contribution < 1.29 is 19.5 Å². The van der Waals surface area contributed by atoms with E-state index in [-0.39, 0.29) is 50.8 Å². The maximum Gasteiger partial charge on any atom is 0.266 e. The topological polar surface area (TPSA) is 150 Å². The zero-order valence-electron chi connectivity index (χ0n) is 30.9. The monoisotopic (exact) mass is 806 g/mol. The molecule has 2 aromatic heterocycles. The molecule has 1 spiro atoms. The molecule has 11 nitrogen and oxygen atoms in total. The smallest absolute Gasteiger partial charge is 0.266 e. The summed E-state index contributed by atoms with van der Waals surface area (Å²) in [5.41, 5.74) is 3.57. The summed E-state index contributed by atoms with van der Waals surface area (Å²) in [6.07, 6.45) is 0. The second-order valence-corrected chi connectivity index (χ2v) is 15.9. The highest BCUT2D eigenvalue weighted by atomic mass is 35.5. The molecule has 6 heterocycles. The number of hydrogen-bond donors (Lipinski definition) is 3. The Morgan fingerprint density at radius 1 is 0.776 bits per heavy atom. The number of ketones is 1. The molecule has 11 rings (SSSR count). The molecule has 0 bridgehead atoms. The fourth-order valence-corrected chi connectivity index (χ4v) is 9.61. The number of nitrogens with zero attached hydrogens (tertiary/aromatic N) is 4. The van der Waals surface area contributed by atoms with E-state index in [1.54, 1.807) is 53.1 Å². The molecule has 4 aliphatic heterocycles. The fourth-order valence-electron chi connectivity index (χ4n) is 9.23. The van der Waals surface area contributed by atoms with Gasteiger partial charge in [-0.3, -0.25) is 29.1 Å². The lowest BCUT2D eigenvalue weighted by Gasteiger charge is -2.32. The SMILES string of the molecule is CC(C)C1NC2(c3ccccc3-n3c2nc2ccccc2c3=O)[C@H]2C(=O)N(c3cccc(Cl)c3Cl)C(=O)[C@@H]12.O=C1C(c2c(O)[nH]c3ccccc23)=Nc2ccccc21. The van der Waals surface area contributed by atoms with Gasteiger partial charge in [0, 0.05) is 28.1 Å². The minimum absolute atomic E-state index is 0.00167. The van der Waals surface area contributed by atoms with Crippen molar-refractivity contribution >= 4 is 79.7 Å². The largest absolute Gasteiger partial charge is 0.494 e. The number of anilines is 1. The average Bonchev–Trinajstić information content (AvgIpc) is 3.99. The molecule has 4 aliphatic rings. The Balaban J connectivity index is 0.000000171. The van der Waals surface area contributed by atoms with Crippen LogP contribution in [0.1, 0.15) is 41.2 Å². The van der Waals surface area contributed by atoms with Crippen molar-refractivity contribution in [1.29, 1.82) is 0 Å². The lowest BCUT2D eigenvalue weighted by Crippen LogP contribution is -2.51. The van der Waals surface area contributed by atoms with Crippen LogP contribution in [0.4, 0.5) is 11.4 Å². The summed E-state index contributed by atoms with van der Waals surface area (Å²) in [5, 5.41) is 15.5. The Morgan fingerprint density at radius 2 is 1.47 bits per heavy atom. The maximum atomic E-state index is 14.4. The number of aromatic amines is 1. The van der Waals surface area contributed by atoms with Crippen molar-refractivity contribution in [3.8, 4) is 11.6 Å². The van der Waals surface area contributed by atoms with Crippen LogP contribution in [-0.2, 0) is 15.1 Å². The van der Waals surface area contributed by atoms with Crippen molar-refractivity contribution in [3.05, 3.63) is 158 Å². The van der Waals surface area contributed by atoms with Crippen molar-refractivity contribution in [2.24, 2.45) is 22.7 Å². The normalized spacial score (nSPS) is 21.4. The number of aromatic nitrogens is 3. The standard InChI is InChI=1S/C29H22Cl2N4O3.C16H10N2O2/c1-14(2)24-21-22(27(38)34(26(21)37)20-13-7-10-17(30)23(20)31)29(33-24)16-9-4-6-12-19(16)35-25(36)15-8-3-5-11-18(15)32-28(29)35;19-15-10-6-2-4-8-12(10)17-14(15)13-9-5-1-3-7-11(9)18-16(13)20/h3-14,21-22,24,33H,1-2H3;1-8,18,20H/t21-,22-,24?,29?;/m1./s1. The highest BCUT2D eigenvalue weighted by molar-refractivity contribution is 6.56. The van der Waals surface area contributed by atoms with Gasteiger partial charge in [0.15, 0.2) is 5.88 Å². The van der Waals surface area contributed by atoms with E-state index in [1.165, 1.54) is 4.90 Å². The highest BCUT2D eigenvalue weighted by Crippen LogP contribution is 2.57. The van der Waals surface area contributed by atoms with Gasteiger partial charge in [0.05, 0.1) is 55.4 Å². The number of aliphatic imine (C=N–C) groups is 1. The molecule has 0 saturated carbocycles. The van der Waals surface area contributed by atoms with Crippen LogP contribution in [0.25, 0.3) is 27.5 Å². The van der Waals surface area contributed by atoms with Crippen LogP contribution in [0.3, 0.4) is 0 Å². The predicted octanol–water partition coefficient (Wildman–Crippen LogP) is 7.87. The quantitative estimate of drug-likeness (QED) is 0.154. The summed E-state index contributed by atoms with van der Waals surface area (Å²) in [6, 6.07) is 33.9. The summed E-state index contributed by atoms with van der Waals surface area (Å²) in [6.45, 7) is 4.03. The van der Waals surface area contributed by atoms with Crippen molar-refractivity contribution in [2.45, 2.75) is 25.4 Å². The average molecular weight is 808 g/mol. The third kappa shape index (κ3) is 4.90. The van der Waals surface area contributed by atoms with Crippen LogP contribution < -0.4 is 15.8 Å². The zero-order chi connectivity index (χ0) is 40.2. The first-order chi connectivity index (χ1) is 28.0. The third-order valence-corrected chi connectivity index (χ3v) is 12.5. The molecule has 0 aliphatic carbocycles. The molecule has 4 atom stereocenters. The van der Waals surface area contributed by atoms with Gasteiger partial charge in [-0.25, -0.2) is 14.9 Å². The Hall–Kier alpha value is -6.40. The van der Waals surface area contributed by atoms with E-state index >= 15 is 0 Å². The van der Waals surface area contributed by atoms with Crippen LogP contribution in [0.2, 0.25) is 10.0 Å². The molecule has 5 aromatic carbocycles. The van der Waals surface area contributed by atoms with Gasteiger partial charge in [-0.15, -0.1) is 0 Å². The summed E-state index contributed by atoms with van der Waals surface area (Å²) in [5.74, 6) is -2.04.